The van der Waals surface area contributed by atoms with E-state index in [-0.39, 0.29) is 25.8 Å². The van der Waals surface area contributed by atoms with Crippen molar-refractivity contribution in [2.75, 3.05) is 26.3 Å². The van der Waals surface area contributed by atoms with Crippen molar-refractivity contribution in [3.8, 4) is 0 Å². The average molecular weight is 310 g/mol. The van der Waals surface area contributed by atoms with Gasteiger partial charge >= 0.3 is 12.1 Å². The maximum atomic E-state index is 12.4. The predicted octanol–water partition coefficient (Wildman–Crippen LogP) is 0.419. The van der Waals surface area contributed by atoms with Gasteiger partial charge in [0.15, 0.2) is 6.29 Å². The van der Waals surface area contributed by atoms with Gasteiger partial charge in [-0.1, -0.05) is 0 Å². The monoisotopic (exact) mass is 310 g/mol. The van der Waals surface area contributed by atoms with Crippen LogP contribution >= 0.6 is 0 Å². The van der Waals surface area contributed by atoms with Gasteiger partial charge in [0.25, 0.3) is 0 Å². The van der Waals surface area contributed by atoms with Crippen LogP contribution in [0.15, 0.2) is 0 Å². The Labute approximate surface area is 119 Å². The third-order valence-electron chi connectivity index (χ3n) is 3.43. The molecule has 1 N–H and O–H groups in total. The van der Waals surface area contributed by atoms with Crippen LogP contribution in [0.3, 0.4) is 0 Å². The van der Waals surface area contributed by atoms with Crippen LogP contribution in [0.4, 0.5) is 13.2 Å². The summed E-state index contributed by atoms with van der Waals surface area (Å²) in [6.45, 7) is 1.17. The SMILES string of the molecule is O=C(NCCC1OCCO1)C1CCCN1C(=O)C(F)(F)F. The summed E-state index contributed by atoms with van der Waals surface area (Å²) in [4.78, 5) is 23.7. The summed E-state index contributed by atoms with van der Waals surface area (Å²) in [6.07, 6.45) is -4.29. The first-order chi connectivity index (χ1) is 9.89. The fourth-order valence-corrected chi connectivity index (χ4v) is 2.45. The van der Waals surface area contributed by atoms with Crippen molar-refractivity contribution in [2.24, 2.45) is 0 Å². The Kier molecular flexibility index (Phi) is 5.04. The molecule has 2 aliphatic rings. The lowest BCUT2D eigenvalue weighted by molar-refractivity contribution is -0.186. The van der Waals surface area contributed by atoms with Crippen molar-refractivity contribution in [3.05, 3.63) is 0 Å². The van der Waals surface area contributed by atoms with Gasteiger partial charge in [-0.2, -0.15) is 13.2 Å². The molecule has 21 heavy (non-hydrogen) atoms. The second-order valence-electron chi connectivity index (χ2n) is 4.91. The van der Waals surface area contributed by atoms with Crippen molar-refractivity contribution in [3.63, 3.8) is 0 Å². The number of nitrogens with one attached hydrogen (secondary N) is 1. The van der Waals surface area contributed by atoms with Crippen LogP contribution in [0.5, 0.6) is 0 Å². The summed E-state index contributed by atoms with van der Waals surface area (Å²) in [6, 6.07) is -1.05. The molecule has 120 valence electrons. The summed E-state index contributed by atoms with van der Waals surface area (Å²) < 4.78 is 47.7. The van der Waals surface area contributed by atoms with Crippen LogP contribution < -0.4 is 5.32 Å². The Balaban J connectivity index is 1.81. The molecule has 1 unspecified atom stereocenters. The highest BCUT2D eigenvalue weighted by Crippen LogP contribution is 2.25. The van der Waals surface area contributed by atoms with Gasteiger partial charge in [0, 0.05) is 19.5 Å². The molecule has 2 aliphatic heterocycles. The Morgan fingerprint density at radius 2 is 1.90 bits per heavy atom. The number of hydrogen-bond acceptors (Lipinski definition) is 4. The summed E-state index contributed by atoms with van der Waals surface area (Å²) in [5, 5.41) is 2.53. The smallest absolute Gasteiger partial charge is 0.354 e. The minimum absolute atomic E-state index is 0.0503. The topological polar surface area (TPSA) is 67.9 Å². The van der Waals surface area contributed by atoms with Gasteiger partial charge < -0.3 is 19.7 Å². The molecule has 0 aromatic rings. The van der Waals surface area contributed by atoms with E-state index in [1.165, 1.54) is 0 Å². The zero-order valence-corrected chi connectivity index (χ0v) is 11.3. The van der Waals surface area contributed by atoms with E-state index in [2.05, 4.69) is 5.32 Å². The number of nitrogens with zero attached hydrogens (tertiary/aromatic N) is 1. The summed E-state index contributed by atoms with van der Waals surface area (Å²) >= 11 is 0. The quantitative estimate of drug-likeness (QED) is 0.817. The molecule has 1 atom stereocenters. The normalized spacial score (nSPS) is 23.6. The van der Waals surface area contributed by atoms with E-state index in [9.17, 15) is 22.8 Å². The van der Waals surface area contributed by atoms with E-state index in [0.29, 0.717) is 31.0 Å². The van der Waals surface area contributed by atoms with Gasteiger partial charge in [-0.25, -0.2) is 0 Å². The third kappa shape index (κ3) is 4.07. The van der Waals surface area contributed by atoms with Gasteiger partial charge in [0.2, 0.25) is 5.91 Å². The van der Waals surface area contributed by atoms with Crippen LogP contribution in [-0.4, -0.2) is 61.5 Å². The molecule has 0 aliphatic carbocycles. The minimum atomic E-state index is -4.95. The van der Waals surface area contributed by atoms with E-state index >= 15 is 0 Å². The van der Waals surface area contributed by atoms with E-state index in [1.807, 2.05) is 0 Å². The highest BCUT2D eigenvalue weighted by Gasteiger charge is 2.47. The highest BCUT2D eigenvalue weighted by molar-refractivity contribution is 5.90. The molecule has 2 rings (SSSR count). The van der Waals surface area contributed by atoms with E-state index in [0.717, 1.165) is 0 Å². The minimum Gasteiger partial charge on any atom is -0.354 e. The average Bonchev–Trinajstić information content (AvgIpc) is 3.07. The molecule has 0 bridgehead atoms. The Morgan fingerprint density at radius 1 is 1.24 bits per heavy atom. The van der Waals surface area contributed by atoms with Crippen molar-refractivity contribution >= 4 is 11.8 Å². The van der Waals surface area contributed by atoms with Crippen LogP contribution in [-0.2, 0) is 19.1 Å². The number of alkyl halides is 3. The number of carbonyl (C=O) groups excluding carboxylic acids is 2. The first kappa shape index (κ1) is 16.0. The van der Waals surface area contributed by atoms with Crippen LogP contribution in [0.2, 0.25) is 0 Å². The Morgan fingerprint density at radius 3 is 2.52 bits per heavy atom. The predicted molar refractivity (Wildman–Crippen MR) is 64.1 cm³/mol. The number of likely N-dealkylation sites (tertiary alicyclic amines) is 1. The van der Waals surface area contributed by atoms with E-state index in [1.54, 1.807) is 0 Å². The Bertz CT molecular complexity index is 396. The van der Waals surface area contributed by atoms with Crippen molar-refractivity contribution < 1.29 is 32.2 Å². The van der Waals surface area contributed by atoms with Crippen molar-refractivity contribution in [1.29, 1.82) is 0 Å². The third-order valence-corrected chi connectivity index (χ3v) is 3.43. The molecule has 0 spiro atoms. The first-order valence-electron chi connectivity index (χ1n) is 6.78. The molecule has 2 amide bonds. The fraction of sp³-hybridized carbons (Fsp3) is 0.833. The zero-order valence-electron chi connectivity index (χ0n) is 11.3. The zero-order chi connectivity index (χ0) is 15.5. The summed E-state index contributed by atoms with van der Waals surface area (Å²) in [5.74, 6) is -2.52. The molecule has 2 heterocycles. The van der Waals surface area contributed by atoms with Gasteiger partial charge in [-0.05, 0) is 12.8 Å². The number of rotatable bonds is 4. The van der Waals surface area contributed by atoms with Gasteiger partial charge in [0.1, 0.15) is 6.04 Å². The lowest BCUT2D eigenvalue weighted by Gasteiger charge is -2.24. The Hall–Kier alpha value is -1.35. The fourth-order valence-electron chi connectivity index (χ4n) is 2.45. The largest absolute Gasteiger partial charge is 0.471 e. The molecule has 0 aromatic heterocycles. The molecule has 0 aromatic carbocycles. The van der Waals surface area contributed by atoms with Crippen molar-refractivity contribution in [1.82, 2.24) is 10.2 Å². The standard InChI is InChI=1S/C12H17F3N2O4/c13-12(14,15)11(19)17-5-1-2-8(17)10(18)16-4-3-9-20-6-7-21-9/h8-9H,1-7H2,(H,16,18). The van der Waals surface area contributed by atoms with Gasteiger partial charge in [-0.15, -0.1) is 0 Å². The molecule has 0 radical (unpaired) electrons. The number of halogens is 3. The first-order valence-corrected chi connectivity index (χ1v) is 6.78. The maximum Gasteiger partial charge on any atom is 0.471 e. The lowest BCUT2D eigenvalue weighted by atomic mass is 10.2. The summed E-state index contributed by atoms with van der Waals surface area (Å²) in [7, 11) is 0. The highest BCUT2D eigenvalue weighted by atomic mass is 19.4. The number of carbonyl (C=O) groups is 2. The summed E-state index contributed by atoms with van der Waals surface area (Å²) in [5.41, 5.74) is 0. The maximum absolute atomic E-state index is 12.4. The molecule has 0 saturated carbocycles. The van der Waals surface area contributed by atoms with Gasteiger partial charge in [0.05, 0.1) is 13.2 Å². The van der Waals surface area contributed by atoms with Crippen molar-refractivity contribution in [2.45, 2.75) is 37.8 Å². The van der Waals surface area contributed by atoms with Crippen LogP contribution in [0, 0.1) is 0 Å². The lowest BCUT2D eigenvalue weighted by Crippen LogP contribution is -2.50. The number of ether oxygens (including phenoxy) is 2. The molecule has 9 heteroatoms. The molecule has 2 saturated heterocycles. The molecular formula is C12H17F3N2O4. The van der Waals surface area contributed by atoms with E-state index < -0.39 is 24.0 Å². The van der Waals surface area contributed by atoms with Gasteiger partial charge in [-0.3, -0.25) is 9.59 Å². The van der Waals surface area contributed by atoms with E-state index in [4.69, 9.17) is 9.47 Å². The number of hydrogen-bond donors (Lipinski definition) is 1. The van der Waals surface area contributed by atoms with Crippen LogP contribution in [0.1, 0.15) is 19.3 Å². The second-order valence-corrected chi connectivity index (χ2v) is 4.91. The van der Waals surface area contributed by atoms with Crippen LogP contribution in [0.25, 0.3) is 0 Å². The number of amides is 2. The molecule has 2 fully saturated rings. The molecular weight excluding hydrogens is 293 g/mol. The molecule has 6 nitrogen and oxygen atoms in total. The second kappa shape index (κ2) is 6.61.